The summed E-state index contributed by atoms with van der Waals surface area (Å²) in [5, 5.41) is 0. The molecule has 3 heteroatoms. The molecule has 0 saturated carbocycles. The molecule has 0 spiro atoms. The van der Waals surface area contributed by atoms with Gasteiger partial charge in [-0.15, -0.1) is 0 Å². The third kappa shape index (κ3) is 1.80. The molecule has 0 bridgehead atoms. The van der Waals surface area contributed by atoms with Crippen LogP contribution in [0.25, 0.3) is 11.3 Å². The molecule has 0 aliphatic carbocycles. The molecule has 1 aromatic carbocycles. The van der Waals surface area contributed by atoms with Crippen molar-refractivity contribution in [3.05, 3.63) is 40.9 Å². The highest BCUT2D eigenvalue weighted by atomic mass is 79.9. The average Bonchev–Trinajstić information content (AvgIpc) is 2.52. The van der Waals surface area contributed by atoms with Gasteiger partial charge in [0.25, 0.3) is 4.80 Å². The lowest BCUT2D eigenvalue weighted by Gasteiger charge is -1.95. The van der Waals surface area contributed by atoms with Crippen LogP contribution in [0, 0.1) is 6.92 Å². The molecule has 0 fully saturated rings. The first-order valence-corrected chi connectivity index (χ1v) is 4.73. The molecular formula is C10H8BrNO. The van der Waals surface area contributed by atoms with Crippen LogP contribution in [0.15, 0.2) is 39.7 Å². The van der Waals surface area contributed by atoms with E-state index in [1.807, 2.05) is 12.1 Å². The number of benzene rings is 1. The normalized spacial score (nSPS) is 10.3. The molecule has 0 N–H and O–H groups in total. The van der Waals surface area contributed by atoms with Crippen LogP contribution in [-0.4, -0.2) is 4.98 Å². The van der Waals surface area contributed by atoms with Gasteiger partial charge in [-0.05, 0) is 13.0 Å². The van der Waals surface area contributed by atoms with Crippen molar-refractivity contribution >= 4 is 15.9 Å². The van der Waals surface area contributed by atoms with Crippen LogP contribution in [0.4, 0.5) is 0 Å². The Morgan fingerprint density at radius 2 is 2.23 bits per heavy atom. The summed E-state index contributed by atoms with van der Waals surface area (Å²) in [5.41, 5.74) is 3.15. The van der Waals surface area contributed by atoms with Crippen LogP contribution >= 0.6 is 15.9 Å². The molecule has 2 rings (SSSR count). The molecule has 1 aromatic heterocycles. The zero-order valence-electron chi connectivity index (χ0n) is 7.12. The lowest BCUT2D eigenvalue weighted by Crippen LogP contribution is -1.78. The van der Waals surface area contributed by atoms with Gasteiger partial charge in [0, 0.05) is 21.5 Å². The topological polar surface area (TPSA) is 26.0 Å². The molecule has 13 heavy (non-hydrogen) atoms. The van der Waals surface area contributed by atoms with E-state index in [1.54, 1.807) is 6.26 Å². The number of halogens is 1. The maximum absolute atomic E-state index is 5.06. The minimum absolute atomic E-state index is 0.518. The van der Waals surface area contributed by atoms with Gasteiger partial charge in [0.05, 0.1) is 0 Å². The average molecular weight is 238 g/mol. The summed E-state index contributed by atoms with van der Waals surface area (Å²) in [5.74, 6) is 0. The molecule has 0 amide bonds. The molecule has 0 unspecified atom stereocenters. The first-order valence-electron chi connectivity index (χ1n) is 3.94. The second-order valence-corrected chi connectivity index (χ2v) is 3.53. The summed E-state index contributed by atoms with van der Waals surface area (Å²) < 4.78 is 5.06. The minimum atomic E-state index is 0.518. The number of aromatic nitrogens is 1. The number of aryl methyl sites for hydroxylation is 1. The Bertz CT molecular complexity index is 422. The van der Waals surface area contributed by atoms with Gasteiger partial charge in [0.1, 0.15) is 12.0 Å². The number of nitrogens with zero attached hydrogens (tertiary/aromatic N) is 1. The fourth-order valence-electron chi connectivity index (χ4n) is 1.19. The highest BCUT2D eigenvalue weighted by Crippen LogP contribution is 2.21. The summed E-state index contributed by atoms with van der Waals surface area (Å²) in [4.78, 5) is 4.69. The predicted molar refractivity (Wildman–Crippen MR) is 54.4 cm³/mol. The van der Waals surface area contributed by atoms with E-state index in [0.29, 0.717) is 4.80 Å². The lowest BCUT2D eigenvalue weighted by molar-refractivity contribution is 0.529. The van der Waals surface area contributed by atoms with Crippen molar-refractivity contribution in [3.8, 4) is 11.3 Å². The van der Waals surface area contributed by atoms with Crippen LogP contribution in [0.1, 0.15) is 5.56 Å². The second-order valence-electron chi connectivity index (χ2n) is 2.86. The Kier molecular flexibility index (Phi) is 2.19. The van der Waals surface area contributed by atoms with Crippen LogP contribution in [0.3, 0.4) is 0 Å². The van der Waals surface area contributed by atoms with Gasteiger partial charge >= 0.3 is 0 Å². The van der Waals surface area contributed by atoms with Gasteiger partial charge in [-0.2, -0.15) is 0 Å². The number of hydrogen-bond acceptors (Lipinski definition) is 2. The predicted octanol–water partition coefficient (Wildman–Crippen LogP) is 3.41. The van der Waals surface area contributed by atoms with Crippen molar-refractivity contribution < 1.29 is 4.42 Å². The van der Waals surface area contributed by atoms with Gasteiger partial charge < -0.3 is 4.42 Å². The van der Waals surface area contributed by atoms with Crippen LogP contribution < -0.4 is 0 Å². The van der Waals surface area contributed by atoms with E-state index >= 15 is 0 Å². The Balaban J connectivity index is 2.46. The number of oxazole rings is 1. The molecule has 0 saturated heterocycles. The third-order valence-corrected chi connectivity index (χ3v) is 2.15. The van der Waals surface area contributed by atoms with Gasteiger partial charge in [0.2, 0.25) is 0 Å². The van der Waals surface area contributed by atoms with E-state index in [4.69, 9.17) is 4.42 Å². The van der Waals surface area contributed by atoms with Gasteiger partial charge in [-0.25, -0.2) is 4.98 Å². The Morgan fingerprint density at radius 1 is 1.38 bits per heavy atom. The minimum Gasteiger partial charge on any atom is -0.439 e. The van der Waals surface area contributed by atoms with E-state index in [0.717, 1.165) is 11.3 Å². The summed E-state index contributed by atoms with van der Waals surface area (Å²) in [6.07, 6.45) is 1.64. The zero-order chi connectivity index (χ0) is 9.26. The van der Waals surface area contributed by atoms with E-state index in [1.165, 1.54) is 5.56 Å². The van der Waals surface area contributed by atoms with Crippen molar-refractivity contribution in [1.29, 1.82) is 0 Å². The third-order valence-electron chi connectivity index (χ3n) is 1.79. The first-order chi connectivity index (χ1) is 6.25. The Hall–Kier alpha value is -1.09. The standard InChI is InChI=1S/C10H8BrNO/c1-7-3-2-4-8(5-7)9-6-13-10(11)12-9/h2-6H,1H3. The van der Waals surface area contributed by atoms with Crippen LogP contribution in [0.2, 0.25) is 0 Å². The van der Waals surface area contributed by atoms with Crippen molar-refractivity contribution in [2.24, 2.45) is 0 Å². The monoisotopic (exact) mass is 237 g/mol. The molecule has 2 nitrogen and oxygen atoms in total. The van der Waals surface area contributed by atoms with Gasteiger partial charge in [-0.3, -0.25) is 0 Å². The highest BCUT2D eigenvalue weighted by Gasteiger charge is 2.02. The molecule has 0 atom stereocenters. The van der Waals surface area contributed by atoms with Crippen molar-refractivity contribution in [2.75, 3.05) is 0 Å². The second kappa shape index (κ2) is 3.34. The zero-order valence-corrected chi connectivity index (χ0v) is 8.71. The van der Waals surface area contributed by atoms with E-state index in [2.05, 4.69) is 40.0 Å². The molecule has 0 aliphatic rings. The Labute approximate surface area is 84.7 Å². The number of hydrogen-bond donors (Lipinski definition) is 0. The smallest absolute Gasteiger partial charge is 0.264 e. The maximum Gasteiger partial charge on any atom is 0.264 e. The van der Waals surface area contributed by atoms with E-state index < -0.39 is 0 Å². The van der Waals surface area contributed by atoms with Crippen LogP contribution in [-0.2, 0) is 0 Å². The largest absolute Gasteiger partial charge is 0.439 e. The summed E-state index contributed by atoms with van der Waals surface area (Å²) in [6.45, 7) is 2.05. The first kappa shape index (κ1) is 8.51. The summed E-state index contributed by atoms with van der Waals surface area (Å²) in [6, 6.07) is 8.15. The van der Waals surface area contributed by atoms with Crippen molar-refractivity contribution in [2.45, 2.75) is 6.92 Å². The van der Waals surface area contributed by atoms with E-state index in [-0.39, 0.29) is 0 Å². The summed E-state index contributed by atoms with van der Waals surface area (Å²) in [7, 11) is 0. The lowest BCUT2D eigenvalue weighted by atomic mass is 10.1. The molecular weight excluding hydrogens is 230 g/mol. The molecule has 0 aliphatic heterocycles. The number of rotatable bonds is 1. The SMILES string of the molecule is Cc1cccc(-c2coc(Br)n2)c1. The van der Waals surface area contributed by atoms with Crippen molar-refractivity contribution in [3.63, 3.8) is 0 Å². The summed E-state index contributed by atoms with van der Waals surface area (Å²) >= 11 is 3.17. The van der Waals surface area contributed by atoms with Gasteiger partial charge in [-0.1, -0.05) is 23.8 Å². The molecule has 66 valence electrons. The van der Waals surface area contributed by atoms with Crippen LogP contribution in [0.5, 0.6) is 0 Å². The maximum atomic E-state index is 5.06. The highest BCUT2D eigenvalue weighted by molar-refractivity contribution is 9.10. The molecule has 0 radical (unpaired) electrons. The Morgan fingerprint density at radius 3 is 2.85 bits per heavy atom. The van der Waals surface area contributed by atoms with E-state index in [9.17, 15) is 0 Å². The van der Waals surface area contributed by atoms with Crippen molar-refractivity contribution in [1.82, 2.24) is 4.98 Å². The molecule has 2 aromatic rings. The fourth-order valence-corrected chi connectivity index (χ4v) is 1.47. The fraction of sp³-hybridized carbons (Fsp3) is 0.100. The quantitative estimate of drug-likeness (QED) is 0.760. The molecule has 1 heterocycles. The van der Waals surface area contributed by atoms with Gasteiger partial charge in [0.15, 0.2) is 0 Å².